The predicted molar refractivity (Wildman–Crippen MR) is 68.1 cm³/mol. The maximum absolute atomic E-state index is 11.3. The first-order valence-corrected chi connectivity index (χ1v) is 8.37. The van der Waals surface area contributed by atoms with Crippen molar-refractivity contribution in [3.8, 4) is 0 Å². The Morgan fingerprint density at radius 2 is 1.89 bits per heavy atom. The molecule has 9 heteroatoms. The van der Waals surface area contributed by atoms with Gasteiger partial charge in [-0.2, -0.15) is 0 Å². The van der Waals surface area contributed by atoms with Crippen LogP contribution in [-0.2, 0) is 18.4 Å². The molecular weight excluding hydrogens is 282 g/mol. The first-order chi connectivity index (χ1) is 7.91. The number of carbonyl (C=O) groups is 2. The summed E-state index contributed by atoms with van der Waals surface area (Å²) in [6, 6.07) is -1.32. The molecule has 1 amide bonds. The molecule has 0 aliphatic carbocycles. The summed E-state index contributed by atoms with van der Waals surface area (Å²) < 4.78 is 26.7. The molecule has 0 aromatic carbocycles. The van der Waals surface area contributed by atoms with Crippen LogP contribution >= 0.6 is 10.8 Å². The second-order valence-corrected chi connectivity index (χ2v) is 9.03. The molecule has 18 heavy (non-hydrogen) atoms. The topological polar surface area (TPSA) is 110 Å². The average Bonchev–Trinajstić information content (AvgIpc) is 2.06. The lowest BCUT2D eigenvalue weighted by atomic mass is 10.2. The molecule has 0 aliphatic heterocycles. The highest BCUT2D eigenvalue weighted by molar-refractivity contribution is 8.71. The van der Waals surface area contributed by atoms with Crippen LogP contribution in [0.4, 0.5) is 4.79 Å². The monoisotopic (exact) mass is 299 g/mol. The van der Waals surface area contributed by atoms with E-state index in [4.69, 9.17) is 9.84 Å². The van der Waals surface area contributed by atoms with E-state index in [-0.39, 0.29) is 5.75 Å². The van der Waals surface area contributed by atoms with Gasteiger partial charge in [-0.1, -0.05) is 0 Å². The summed E-state index contributed by atoms with van der Waals surface area (Å²) in [6.45, 7) is 4.90. The Kier molecular flexibility index (Phi) is 5.94. The van der Waals surface area contributed by atoms with E-state index < -0.39 is 32.6 Å². The number of hydrogen-bond acceptors (Lipinski definition) is 6. The van der Waals surface area contributed by atoms with Crippen molar-refractivity contribution in [1.82, 2.24) is 5.32 Å². The number of nitrogens with one attached hydrogen (secondary N) is 1. The molecule has 0 spiro atoms. The third-order valence-corrected chi connectivity index (χ3v) is 4.03. The fraction of sp³-hybridized carbons (Fsp3) is 0.778. The van der Waals surface area contributed by atoms with Gasteiger partial charge in [0.2, 0.25) is 0 Å². The molecule has 0 saturated heterocycles. The summed E-state index contributed by atoms with van der Waals surface area (Å²) in [6.07, 6.45) is 0.0633. The Morgan fingerprint density at radius 1 is 1.39 bits per heavy atom. The van der Waals surface area contributed by atoms with Crippen LogP contribution in [-0.4, -0.2) is 49.2 Å². The Hall–Kier alpha value is -0.960. The van der Waals surface area contributed by atoms with Crippen LogP contribution in [0.1, 0.15) is 20.8 Å². The second kappa shape index (κ2) is 6.28. The second-order valence-electron chi connectivity index (χ2n) is 4.53. The summed E-state index contributed by atoms with van der Waals surface area (Å²) in [5, 5.41) is 10.9. The number of ether oxygens (including phenoxy) is 1. The lowest BCUT2D eigenvalue weighted by Gasteiger charge is -2.21. The largest absolute Gasteiger partial charge is 0.480 e. The predicted octanol–water partition coefficient (Wildman–Crippen LogP) is 0.657. The van der Waals surface area contributed by atoms with Crippen molar-refractivity contribution in [1.29, 1.82) is 0 Å². The van der Waals surface area contributed by atoms with Crippen molar-refractivity contribution in [2.45, 2.75) is 32.4 Å². The van der Waals surface area contributed by atoms with E-state index in [1.807, 2.05) is 0 Å². The first kappa shape index (κ1) is 17.0. The minimum Gasteiger partial charge on any atom is -0.480 e. The van der Waals surface area contributed by atoms with Gasteiger partial charge >= 0.3 is 12.1 Å². The summed E-state index contributed by atoms with van der Waals surface area (Å²) in [4.78, 5) is 22.2. The SMILES string of the molecule is CC(C)(C)OC(=O)N[C@H](CSS(C)(=O)=O)C(=O)O. The van der Waals surface area contributed by atoms with Gasteiger partial charge < -0.3 is 15.2 Å². The highest BCUT2D eigenvalue weighted by atomic mass is 33.1. The van der Waals surface area contributed by atoms with Crippen LogP contribution < -0.4 is 5.32 Å². The first-order valence-electron chi connectivity index (χ1n) is 4.97. The summed E-state index contributed by atoms with van der Waals surface area (Å²) in [5.74, 6) is -1.61. The number of aliphatic carboxylic acids is 1. The van der Waals surface area contributed by atoms with E-state index in [0.29, 0.717) is 10.8 Å². The van der Waals surface area contributed by atoms with Crippen LogP contribution in [0.15, 0.2) is 0 Å². The number of carbonyl (C=O) groups excluding carboxylic acids is 1. The van der Waals surface area contributed by atoms with Gasteiger partial charge in [-0.15, -0.1) is 0 Å². The average molecular weight is 299 g/mol. The van der Waals surface area contributed by atoms with E-state index in [0.717, 1.165) is 6.26 Å². The normalized spacial score (nSPS) is 13.8. The molecule has 0 radical (unpaired) electrons. The van der Waals surface area contributed by atoms with E-state index in [9.17, 15) is 18.0 Å². The molecule has 0 fully saturated rings. The third kappa shape index (κ3) is 9.11. The molecule has 0 heterocycles. The van der Waals surface area contributed by atoms with E-state index in [1.165, 1.54) is 0 Å². The number of rotatable bonds is 5. The van der Waals surface area contributed by atoms with Crippen molar-refractivity contribution >= 4 is 31.7 Å². The van der Waals surface area contributed by atoms with E-state index in [1.54, 1.807) is 20.8 Å². The summed E-state index contributed by atoms with van der Waals surface area (Å²) in [5.41, 5.74) is -0.753. The van der Waals surface area contributed by atoms with Crippen LogP contribution in [0.3, 0.4) is 0 Å². The Bertz CT molecular complexity index is 411. The highest BCUT2D eigenvalue weighted by Gasteiger charge is 2.25. The van der Waals surface area contributed by atoms with Crippen molar-refractivity contribution in [3.05, 3.63) is 0 Å². The van der Waals surface area contributed by atoms with Gasteiger partial charge in [0, 0.05) is 12.0 Å². The molecule has 0 bridgehead atoms. The van der Waals surface area contributed by atoms with Gasteiger partial charge in [0.05, 0.1) is 0 Å². The number of carboxylic acids is 1. The third-order valence-electron chi connectivity index (χ3n) is 1.44. The number of carboxylic acid groups (broad SMARTS) is 1. The molecular formula is C9H17NO6S2. The number of hydrogen-bond donors (Lipinski definition) is 2. The smallest absolute Gasteiger partial charge is 0.408 e. The molecule has 0 aliphatic rings. The molecule has 0 rings (SSSR count). The van der Waals surface area contributed by atoms with Gasteiger partial charge in [0.15, 0.2) is 8.87 Å². The molecule has 0 unspecified atom stereocenters. The number of alkyl carbamates (subject to hydrolysis) is 1. The van der Waals surface area contributed by atoms with Gasteiger partial charge in [-0.05, 0) is 31.6 Å². The van der Waals surface area contributed by atoms with Crippen molar-refractivity contribution in [2.24, 2.45) is 0 Å². The Morgan fingerprint density at radius 3 is 2.22 bits per heavy atom. The van der Waals surface area contributed by atoms with Gasteiger partial charge in [-0.25, -0.2) is 18.0 Å². The molecule has 2 N–H and O–H groups in total. The minimum absolute atomic E-state index is 0.284. The quantitative estimate of drug-likeness (QED) is 0.717. The molecule has 7 nitrogen and oxygen atoms in total. The van der Waals surface area contributed by atoms with Crippen LogP contribution in [0.25, 0.3) is 0 Å². The van der Waals surface area contributed by atoms with Crippen molar-refractivity contribution in [3.63, 3.8) is 0 Å². The van der Waals surface area contributed by atoms with Gasteiger partial charge in [0.1, 0.15) is 11.6 Å². The van der Waals surface area contributed by atoms with E-state index in [2.05, 4.69) is 5.32 Å². The minimum atomic E-state index is -3.36. The lowest BCUT2D eigenvalue weighted by molar-refractivity contribution is -0.138. The maximum atomic E-state index is 11.3. The molecule has 0 aromatic rings. The molecule has 0 saturated carbocycles. The Balaban J connectivity index is 4.46. The maximum Gasteiger partial charge on any atom is 0.408 e. The zero-order valence-electron chi connectivity index (χ0n) is 10.6. The fourth-order valence-electron chi connectivity index (χ4n) is 0.816. The molecule has 106 valence electrons. The van der Waals surface area contributed by atoms with Crippen LogP contribution in [0.2, 0.25) is 0 Å². The van der Waals surface area contributed by atoms with Crippen LogP contribution in [0.5, 0.6) is 0 Å². The van der Waals surface area contributed by atoms with Gasteiger partial charge in [0.25, 0.3) is 0 Å². The molecule has 0 aromatic heterocycles. The summed E-state index contributed by atoms with van der Waals surface area (Å²) in [7, 11) is -2.91. The van der Waals surface area contributed by atoms with E-state index >= 15 is 0 Å². The zero-order valence-corrected chi connectivity index (χ0v) is 12.2. The van der Waals surface area contributed by atoms with Crippen molar-refractivity contribution in [2.75, 3.05) is 12.0 Å². The fourth-order valence-corrected chi connectivity index (χ4v) is 2.58. The van der Waals surface area contributed by atoms with Crippen LogP contribution in [0, 0.1) is 0 Å². The Labute approximate surface area is 110 Å². The highest BCUT2D eigenvalue weighted by Crippen LogP contribution is 2.12. The van der Waals surface area contributed by atoms with Gasteiger partial charge in [-0.3, -0.25) is 0 Å². The molecule has 1 atom stereocenters. The standard InChI is InChI=1S/C9H17NO6S2/c1-9(2,3)16-8(13)10-6(7(11)12)5-17-18(4,14)15/h6H,5H2,1-4H3,(H,10,13)(H,11,12)/t6-/m1/s1. The zero-order chi connectivity index (χ0) is 14.6. The number of amides is 1. The lowest BCUT2D eigenvalue weighted by Crippen LogP contribution is -2.45. The van der Waals surface area contributed by atoms with Crippen molar-refractivity contribution < 1.29 is 27.9 Å². The summed E-state index contributed by atoms with van der Waals surface area (Å²) >= 11 is 0.